The van der Waals surface area contributed by atoms with E-state index in [0.29, 0.717) is 5.82 Å². The van der Waals surface area contributed by atoms with E-state index in [1.807, 2.05) is 12.3 Å². The van der Waals surface area contributed by atoms with Crippen molar-refractivity contribution >= 4 is 23.4 Å². The minimum atomic E-state index is 0.556. The highest BCUT2D eigenvalue weighted by Gasteiger charge is 2.18. The molecule has 1 saturated heterocycles. The number of nitrogens with zero attached hydrogens (tertiary/aromatic N) is 4. The van der Waals surface area contributed by atoms with Gasteiger partial charge in [-0.1, -0.05) is 18.7 Å². The molecule has 0 amide bonds. The van der Waals surface area contributed by atoms with E-state index in [9.17, 15) is 0 Å². The Bertz CT molecular complexity index is 390. The van der Waals surface area contributed by atoms with Crippen molar-refractivity contribution in [1.82, 2.24) is 14.9 Å². The number of hydrogen-bond donors (Lipinski definition) is 1. The Hall–Kier alpha value is -1.01. The second kappa shape index (κ2) is 6.24. The van der Waals surface area contributed by atoms with Gasteiger partial charge in [-0.15, -0.1) is 0 Å². The molecule has 6 heteroatoms. The van der Waals surface area contributed by atoms with Crippen LogP contribution >= 0.6 is 11.8 Å². The van der Waals surface area contributed by atoms with Gasteiger partial charge in [-0.2, -0.15) is 0 Å². The van der Waals surface area contributed by atoms with Crippen LogP contribution in [0.25, 0.3) is 0 Å². The summed E-state index contributed by atoms with van der Waals surface area (Å²) in [5.74, 6) is 1.52. The van der Waals surface area contributed by atoms with Crippen LogP contribution in [0.4, 0.5) is 11.6 Å². The Kier molecular flexibility index (Phi) is 4.66. The van der Waals surface area contributed by atoms with E-state index >= 15 is 0 Å². The monoisotopic (exact) mass is 267 g/mol. The number of anilines is 2. The molecule has 0 spiro atoms. The Balaban J connectivity index is 2.02. The summed E-state index contributed by atoms with van der Waals surface area (Å²) in [5, 5.41) is 0.751. The van der Waals surface area contributed by atoms with Gasteiger partial charge in [-0.3, -0.25) is 4.90 Å². The maximum absolute atomic E-state index is 5.82. The molecule has 1 aliphatic rings. The number of nitrogens with two attached hydrogens (primary N) is 1. The molecule has 2 heterocycles. The zero-order valence-electron chi connectivity index (χ0n) is 11.1. The molecule has 100 valence electrons. The molecule has 1 fully saturated rings. The molecule has 2 rings (SSSR count). The molecule has 0 saturated carbocycles. The number of piperazine rings is 1. The maximum atomic E-state index is 5.82. The van der Waals surface area contributed by atoms with Crippen molar-refractivity contribution in [3.63, 3.8) is 0 Å². The predicted molar refractivity (Wildman–Crippen MR) is 77.2 cm³/mol. The molecule has 0 radical (unpaired) electrons. The first kappa shape index (κ1) is 13.4. The van der Waals surface area contributed by atoms with Crippen molar-refractivity contribution in [3.8, 4) is 0 Å². The molecule has 1 aromatic heterocycles. The summed E-state index contributed by atoms with van der Waals surface area (Å²) in [4.78, 5) is 13.5. The van der Waals surface area contributed by atoms with Gasteiger partial charge in [0.25, 0.3) is 0 Å². The van der Waals surface area contributed by atoms with Crippen molar-refractivity contribution < 1.29 is 0 Å². The highest BCUT2D eigenvalue weighted by Crippen LogP contribution is 2.19. The van der Waals surface area contributed by atoms with Crippen molar-refractivity contribution in [2.75, 3.05) is 49.6 Å². The number of thioether (sulfide) groups is 1. The predicted octanol–water partition coefficient (Wildman–Crippen LogP) is 1.31. The van der Waals surface area contributed by atoms with Gasteiger partial charge in [0.2, 0.25) is 0 Å². The lowest BCUT2D eigenvalue weighted by Gasteiger charge is -2.35. The first-order valence-corrected chi connectivity index (χ1v) is 7.61. The summed E-state index contributed by atoms with van der Waals surface area (Å²) in [6, 6.07) is 1.87. The molecule has 18 heavy (non-hydrogen) atoms. The van der Waals surface area contributed by atoms with E-state index in [4.69, 9.17) is 5.73 Å². The van der Waals surface area contributed by atoms with E-state index in [0.717, 1.165) is 37.2 Å². The van der Waals surface area contributed by atoms with Crippen molar-refractivity contribution in [2.45, 2.75) is 18.5 Å². The van der Waals surface area contributed by atoms with Gasteiger partial charge in [0.05, 0.1) is 0 Å². The van der Waals surface area contributed by atoms with E-state index in [1.54, 1.807) is 0 Å². The molecule has 0 aromatic carbocycles. The minimum Gasteiger partial charge on any atom is -0.383 e. The van der Waals surface area contributed by atoms with Gasteiger partial charge >= 0.3 is 0 Å². The molecule has 1 aliphatic heterocycles. The Morgan fingerprint density at radius 3 is 2.61 bits per heavy atom. The van der Waals surface area contributed by atoms with Crippen LogP contribution in [-0.2, 0) is 0 Å². The Labute approximate surface area is 113 Å². The largest absolute Gasteiger partial charge is 0.383 e. The topological polar surface area (TPSA) is 58.3 Å². The Morgan fingerprint density at radius 2 is 2.00 bits per heavy atom. The van der Waals surface area contributed by atoms with Crippen LogP contribution in [0.15, 0.2) is 11.2 Å². The smallest absolute Gasteiger partial charge is 0.191 e. The van der Waals surface area contributed by atoms with Gasteiger partial charge in [-0.25, -0.2) is 9.97 Å². The van der Waals surface area contributed by atoms with Crippen LogP contribution in [0, 0.1) is 0 Å². The van der Waals surface area contributed by atoms with E-state index in [2.05, 4.69) is 26.7 Å². The van der Waals surface area contributed by atoms with Crippen molar-refractivity contribution in [1.29, 1.82) is 0 Å². The highest BCUT2D eigenvalue weighted by atomic mass is 32.2. The van der Waals surface area contributed by atoms with Crippen molar-refractivity contribution in [3.05, 3.63) is 6.07 Å². The van der Waals surface area contributed by atoms with Crippen molar-refractivity contribution in [2.24, 2.45) is 0 Å². The lowest BCUT2D eigenvalue weighted by atomic mass is 10.3. The second-order valence-corrected chi connectivity index (χ2v) is 5.24. The fourth-order valence-electron chi connectivity index (χ4n) is 2.20. The van der Waals surface area contributed by atoms with Crippen LogP contribution < -0.4 is 10.6 Å². The number of rotatable bonds is 4. The lowest BCUT2D eigenvalue weighted by Crippen LogP contribution is -2.46. The average molecular weight is 267 g/mol. The molecule has 0 aliphatic carbocycles. The van der Waals surface area contributed by atoms with Crippen LogP contribution in [-0.4, -0.2) is 53.8 Å². The second-order valence-electron chi connectivity index (χ2n) is 4.47. The molecule has 1 aromatic rings. The fourth-order valence-corrected chi connectivity index (χ4v) is 2.58. The molecule has 0 atom stereocenters. The van der Waals surface area contributed by atoms with Crippen LogP contribution in [0.1, 0.15) is 13.3 Å². The lowest BCUT2D eigenvalue weighted by molar-refractivity contribution is 0.258. The summed E-state index contributed by atoms with van der Waals surface area (Å²) >= 11 is 1.53. The van der Waals surface area contributed by atoms with Gasteiger partial charge in [0.15, 0.2) is 5.16 Å². The molecular weight excluding hydrogens is 246 g/mol. The minimum absolute atomic E-state index is 0.556. The van der Waals surface area contributed by atoms with E-state index in [1.165, 1.54) is 24.7 Å². The first-order valence-electron chi connectivity index (χ1n) is 6.38. The standard InChI is InChI=1S/C12H21N5S/c1-3-4-16-5-7-17(8-6-16)11-9-10(13)14-12(15-11)18-2/h9H,3-8H2,1-2H3,(H2,13,14,15). The first-order chi connectivity index (χ1) is 8.72. The third kappa shape index (κ3) is 3.26. The van der Waals surface area contributed by atoms with Gasteiger partial charge in [0.1, 0.15) is 11.6 Å². The molecule has 2 N–H and O–H groups in total. The van der Waals surface area contributed by atoms with Gasteiger partial charge in [-0.05, 0) is 19.2 Å². The quantitative estimate of drug-likeness (QED) is 0.656. The SMILES string of the molecule is CCCN1CCN(c2cc(N)nc(SC)n2)CC1. The third-order valence-corrected chi connectivity index (χ3v) is 3.68. The highest BCUT2D eigenvalue weighted by molar-refractivity contribution is 7.98. The van der Waals surface area contributed by atoms with E-state index < -0.39 is 0 Å². The summed E-state index contributed by atoms with van der Waals surface area (Å²) in [5.41, 5.74) is 5.82. The number of aromatic nitrogens is 2. The summed E-state index contributed by atoms with van der Waals surface area (Å²) in [6.45, 7) is 7.66. The van der Waals surface area contributed by atoms with Crippen LogP contribution in [0.3, 0.4) is 0 Å². The normalized spacial score (nSPS) is 17.1. The Morgan fingerprint density at radius 1 is 1.28 bits per heavy atom. The summed E-state index contributed by atoms with van der Waals surface area (Å²) in [7, 11) is 0. The van der Waals surface area contributed by atoms with Crippen LogP contribution in [0.5, 0.6) is 0 Å². The number of hydrogen-bond acceptors (Lipinski definition) is 6. The average Bonchev–Trinajstić information content (AvgIpc) is 2.39. The molecular formula is C12H21N5S. The third-order valence-electron chi connectivity index (χ3n) is 3.13. The summed E-state index contributed by atoms with van der Waals surface area (Å²) in [6.07, 6.45) is 3.19. The molecule has 0 bridgehead atoms. The van der Waals surface area contributed by atoms with E-state index in [-0.39, 0.29) is 0 Å². The van der Waals surface area contributed by atoms with Crippen LogP contribution in [0.2, 0.25) is 0 Å². The maximum Gasteiger partial charge on any atom is 0.191 e. The molecule has 0 unspecified atom stereocenters. The summed E-state index contributed by atoms with van der Waals surface area (Å²) < 4.78 is 0. The zero-order valence-corrected chi connectivity index (χ0v) is 11.9. The number of nitrogen functional groups attached to an aromatic ring is 1. The van der Waals surface area contributed by atoms with Gasteiger partial charge < -0.3 is 10.6 Å². The van der Waals surface area contributed by atoms with Gasteiger partial charge in [0, 0.05) is 32.2 Å². The fraction of sp³-hybridized carbons (Fsp3) is 0.667. The molecule has 5 nitrogen and oxygen atoms in total. The zero-order chi connectivity index (χ0) is 13.0.